The molecule has 1 aliphatic heterocycles. The molecule has 1 saturated heterocycles. The number of esters is 1. The highest BCUT2D eigenvalue weighted by Gasteiger charge is 2.60. The second-order valence-electron chi connectivity index (χ2n) is 8.53. The Morgan fingerprint density at radius 2 is 1.59 bits per heavy atom. The van der Waals surface area contributed by atoms with Crippen LogP contribution in [-0.4, -0.2) is 30.2 Å². The normalized spacial score (nSPS) is 25.7. The van der Waals surface area contributed by atoms with Crippen LogP contribution in [-0.2, 0) is 14.3 Å². The van der Waals surface area contributed by atoms with Crippen molar-refractivity contribution in [3.05, 3.63) is 77.1 Å². The van der Waals surface area contributed by atoms with Crippen LogP contribution in [0.5, 0.6) is 0 Å². The number of carbonyl (C=O) groups excluding carboxylic acids is 4. The highest BCUT2D eigenvalue weighted by atomic mass is 19.1. The second kappa shape index (κ2) is 7.51. The minimum atomic E-state index is -0.708. The molecule has 3 aliphatic rings. The van der Waals surface area contributed by atoms with Gasteiger partial charge in [-0.3, -0.25) is 19.3 Å². The molecule has 6 nitrogen and oxygen atoms in total. The van der Waals surface area contributed by atoms with E-state index in [0.717, 1.165) is 18.6 Å². The predicted molar refractivity (Wildman–Crippen MR) is 112 cm³/mol. The second-order valence-corrected chi connectivity index (χ2v) is 8.53. The molecule has 4 atom stereocenters. The highest BCUT2D eigenvalue weighted by Crippen LogP contribution is 2.55. The SMILES string of the molecule is CC1=C[C@H]2C[C@@H]1[C@H]1C(=O)N(c3ccc(C(=O)OCC(=O)c4ccc(F)cc4)cc3)C(=O)[C@@H]12. The summed E-state index contributed by atoms with van der Waals surface area (Å²) in [6, 6.07) is 11.0. The summed E-state index contributed by atoms with van der Waals surface area (Å²) in [4.78, 5) is 51.6. The molecule has 0 unspecified atom stereocenters. The van der Waals surface area contributed by atoms with Crippen LogP contribution >= 0.6 is 0 Å². The van der Waals surface area contributed by atoms with Gasteiger partial charge in [0.15, 0.2) is 12.4 Å². The third kappa shape index (κ3) is 3.16. The van der Waals surface area contributed by atoms with Gasteiger partial charge in [0.2, 0.25) is 11.8 Å². The van der Waals surface area contributed by atoms with Crippen LogP contribution in [0.1, 0.15) is 34.1 Å². The van der Waals surface area contributed by atoms with Crippen molar-refractivity contribution in [2.75, 3.05) is 11.5 Å². The average Bonchev–Trinajstić information content (AvgIpc) is 3.42. The fourth-order valence-corrected chi connectivity index (χ4v) is 5.21. The molecule has 32 heavy (non-hydrogen) atoms. The van der Waals surface area contributed by atoms with Gasteiger partial charge in [-0.2, -0.15) is 0 Å². The van der Waals surface area contributed by atoms with Crippen molar-refractivity contribution in [2.24, 2.45) is 23.7 Å². The van der Waals surface area contributed by atoms with Crippen molar-refractivity contribution < 1.29 is 28.3 Å². The largest absolute Gasteiger partial charge is 0.454 e. The van der Waals surface area contributed by atoms with E-state index in [-0.39, 0.29) is 46.6 Å². The maximum absolute atomic E-state index is 13.0. The molecule has 0 spiro atoms. The molecule has 0 radical (unpaired) electrons. The van der Waals surface area contributed by atoms with Gasteiger partial charge in [0, 0.05) is 5.56 Å². The summed E-state index contributed by atoms with van der Waals surface area (Å²) in [5.74, 6) is -2.31. The lowest BCUT2D eigenvalue weighted by molar-refractivity contribution is -0.123. The minimum absolute atomic E-state index is 0.124. The highest BCUT2D eigenvalue weighted by molar-refractivity contribution is 6.23. The zero-order valence-corrected chi connectivity index (χ0v) is 17.3. The number of carbonyl (C=O) groups is 4. The number of ketones is 1. The molecule has 1 heterocycles. The first-order valence-electron chi connectivity index (χ1n) is 10.5. The molecule has 2 amide bonds. The van der Waals surface area contributed by atoms with E-state index in [0.29, 0.717) is 5.69 Å². The van der Waals surface area contributed by atoms with E-state index < -0.39 is 24.2 Å². The van der Waals surface area contributed by atoms with Gasteiger partial charge in [0.05, 0.1) is 23.1 Å². The molecule has 2 aliphatic carbocycles. The Hall–Kier alpha value is -3.61. The van der Waals surface area contributed by atoms with Crippen molar-refractivity contribution in [1.29, 1.82) is 0 Å². The van der Waals surface area contributed by atoms with E-state index in [2.05, 4.69) is 6.08 Å². The number of halogens is 1. The van der Waals surface area contributed by atoms with Crippen molar-refractivity contribution in [3.63, 3.8) is 0 Å². The third-order valence-corrected chi connectivity index (χ3v) is 6.74. The number of rotatable bonds is 5. The van der Waals surface area contributed by atoms with Crippen molar-refractivity contribution in [3.8, 4) is 0 Å². The summed E-state index contributed by atoms with van der Waals surface area (Å²) in [5.41, 5.74) is 2.04. The van der Waals surface area contributed by atoms with Gasteiger partial charge in [0.1, 0.15) is 5.82 Å². The monoisotopic (exact) mass is 433 g/mol. The zero-order valence-electron chi connectivity index (χ0n) is 17.3. The average molecular weight is 433 g/mol. The van der Waals surface area contributed by atoms with Gasteiger partial charge < -0.3 is 4.74 Å². The van der Waals surface area contributed by atoms with Crippen LogP contribution in [0.15, 0.2) is 60.2 Å². The number of nitrogens with zero attached hydrogens (tertiary/aromatic N) is 1. The predicted octanol–water partition coefficient (Wildman–Crippen LogP) is 3.57. The molecule has 7 heteroatoms. The molecule has 2 aromatic rings. The number of imide groups is 1. The fourth-order valence-electron chi connectivity index (χ4n) is 5.21. The number of fused-ring (bicyclic) bond motifs is 5. The van der Waals surface area contributed by atoms with Gasteiger partial charge in [-0.25, -0.2) is 9.18 Å². The summed E-state index contributed by atoms with van der Waals surface area (Å²) < 4.78 is 18.0. The number of allylic oxidation sites excluding steroid dienone is 2. The Kier molecular flexibility index (Phi) is 4.77. The summed E-state index contributed by atoms with van der Waals surface area (Å²) in [6.45, 7) is 1.54. The lowest BCUT2D eigenvalue weighted by atomic mass is 9.82. The molecule has 0 aromatic heterocycles. The number of hydrogen-bond acceptors (Lipinski definition) is 5. The van der Waals surface area contributed by atoms with Crippen LogP contribution in [0.2, 0.25) is 0 Å². The number of Topliss-reactive ketones (excluding diaryl/α,β-unsaturated/α-hetero) is 1. The first-order valence-corrected chi connectivity index (χ1v) is 10.5. The molecule has 2 bridgehead atoms. The van der Waals surface area contributed by atoms with Crippen molar-refractivity contribution in [1.82, 2.24) is 0 Å². The topological polar surface area (TPSA) is 80.8 Å². The maximum atomic E-state index is 13.0. The molecule has 5 rings (SSSR count). The maximum Gasteiger partial charge on any atom is 0.338 e. The molecule has 162 valence electrons. The minimum Gasteiger partial charge on any atom is -0.454 e. The lowest BCUT2D eigenvalue weighted by Crippen LogP contribution is -2.32. The van der Waals surface area contributed by atoms with Gasteiger partial charge in [0.25, 0.3) is 0 Å². The van der Waals surface area contributed by atoms with E-state index in [4.69, 9.17) is 4.74 Å². The summed E-state index contributed by atoms with van der Waals surface area (Å²) in [5, 5.41) is 0. The van der Waals surface area contributed by atoms with E-state index in [1.54, 1.807) is 0 Å². The molecule has 2 fully saturated rings. The Morgan fingerprint density at radius 3 is 2.28 bits per heavy atom. The zero-order chi connectivity index (χ0) is 22.6. The Morgan fingerprint density at radius 1 is 0.969 bits per heavy atom. The third-order valence-electron chi connectivity index (χ3n) is 6.74. The Balaban J connectivity index is 1.25. The quantitative estimate of drug-likeness (QED) is 0.312. The smallest absolute Gasteiger partial charge is 0.338 e. The Bertz CT molecular complexity index is 1170. The van der Waals surface area contributed by atoms with E-state index in [1.807, 2.05) is 6.92 Å². The van der Waals surface area contributed by atoms with Crippen molar-refractivity contribution >= 4 is 29.3 Å². The number of hydrogen-bond donors (Lipinski definition) is 0. The number of anilines is 1. The lowest BCUT2D eigenvalue weighted by Gasteiger charge is -2.19. The molecule has 1 saturated carbocycles. The fraction of sp³-hybridized carbons (Fsp3) is 0.280. The number of amides is 2. The van der Waals surface area contributed by atoms with E-state index in [9.17, 15) is 23.6 Å². The number of benzene rings is 2. The van der Waals surface area contributed by atoms with Crippen LogP contribution in [0.4, 0.5) is 10.1 Å². The van der Waals surface area contributed by atoms with Gasteiger partial charge >= 0.3 is 5.97 Å². The molecular weight excluding hydrogens is 413 g/mol. The Labute approximate surface area is 183 Å². The van der Waals surface area contributed by atoms with Crippen LogP contribution in [0.3, 0.4) is 0 Å². The van der Waals surface area contributed by atoms with Gasteiger partial charge in [-0.15, -0.1) is 0 Å². The van der Waals surface area contributed by atoms with Gasteiger partial charge in [-0.05, 0) is 73.7 Å². The molecule has 0 N–H and O–H groups in total. The van der Waals surface area contributed by atoms with Gasteiger partial charge in [-0.1, -0.05) is 11.6 Å². The number of ether oxygens (including phenoxy) is 1. The summed E-state index contributed by atoms with van der Waals surface area (Å²) in [6.07, 6.45) is 2.99. The first kappa shape index (κ1) is 20.3. The van der Waals surface area contributed by atoms with Crippen molar-refractivity contribution in [2.45, 2.75) is 13.3 Å². The van der Waals surface area contributed by atoms with E-state index in [1.165, 1.54) is 46.9 Å². The first-order chi connectivity index (χ1) is 15.3. The van der Waals surface area contributed by atoms with Crippen LogP contribution in [0, 0.1) is 29.5 Å². The molecular formula is C25H20FNO5. The van der Waals surface area contributed by atoms with Crippen LogP contribution < -0.4 is 4.90 Å². The summed E-state index contributed by atoms with van der Waals surface area (Å²) in [7, 11) is 0. The van der Waals surface area contributed by atoms with Crippen LogP contribution in [0.25, 0.3) is 0 Å². The van der Waals surface area contributed by atoms with E-state index >= 15 is 0 Å². The molecule has 2 aromatic carbocycles. The summed E-state index contributed by atoms with van der Waals surface area (Å²) >= 11 is 0. The standard InChI is InChI=1S/C25H20FNO5/c1-13-10-16-11-19(13)22-21(16)23(29)27(24(22)30)18-8-4-15(5-9-18)25(31)32-12-20(28)14-2-6-17(26)7-3-14/h2-10,16,19,21-22H,11-12H2,1H3/t16-,19-,21+,22+/m0/s1.